The van der Waals surface area contributed by atoms with Gasteiger partial charge < -0.3 is 9.84 Å². The van der Waals surface area contributed by atoms with Crippen LogP contribution in [0.25, 0.3) is 0 Å². The van der Waals surface area contributed by atoms with Crippen molar-refractivity contribution >= 4 is 11.6 Å². The molecule has 0 aliphatic carbocycles. The molecule has 3 nitrogen and oxygen atoms in total. The average Bonchev–Trinajstić information content (AvgIpc) is 2.38. The molecule has 0 saturated heterocycles. The first kappa shape index (κ1) is 15.8. The third-order valence-corrected chi connectivity index (χ3v) is 3.14. The van der Waals surface area contributed by atoms with Crippen LogP contribution in [-0.2, 0) is 0 Å². The van der Waals surface area contributed by atoms with Gasteiger partial charge in [-0.05, 0) is 44.5 Å². The SMILES string of the molecule is C#CC(C)(C)NCC(O)COc1ccc(Cl)c(C)c1. The van der Waals surface area contributed by atoms with Crippen molar-refractivity contribution in [3.8, 4) is 18.1 Å². The summed E-state index contributed by atoms with van der Waals surface area (Å²) in [5.41, 5.74) is 0.512. The number of nitrogens with one attached hydrogen (secondary N) is 1. The molecule has 2 N–H and O–H groups in total. The van der Waals surface area contributed by atoms with Crippen LogP contribution in [0.2, 0.25) is 5.02 Å². The number of halogens is 1. The van der Waals surface area contributed by atoms with Crippen molar-refractivity contribution in [2.45, 2.75) is 32.4 Å². The van der Waals surface area contributed by atoms with Gasteiger partial charge in [0.1, 0.15) is 18.5 Å². The lowest BCUT2D eigenvalue weighted by molar-refractivity contribution is 0.102. The molecule has 0 fully saturated rings. The molecular weight excluding hydrogens is 262 g/mol. The number of aryl methyl sites for hydroxylation is 1. The van der Waals surface area contributed by atoms with Crippen molar-refractivity contribution in [1.82, 2.24) is 5.32 Å². The quantitative estimate of drug-likeness (QED) is 0.787. The van der Waals surface area contributed by atoms with Gasteiger partial charge in [-0.25, -0.2) is 0 Å². The summed E-state index contributed by atoms with van der Waals surface area (Å²) in [6.45, 7) is 6.24. The summed E-state index contributed by atoms with van der Waals surface area (Å²) in [4.78, 5) is 0. The highest BCUT2D eigenvalue weighted by Gasteiger charge is 2.15. The third kappa shape index (κ3) is 5.52. The molecule has 1 aromatic rings. The molecule has 1 rings (SSSR count). The lowest BCUT2D eigenvalue weighted by atomic mass is 10.1. The second-order valence-corrected chi connectivity index (χ2v) is 5.43. The summed E-state index contributed by atoms with van der Waals surface area (Å²) in [6, 6.07) is 5.40. The Labute approximate surface area is 119 Å². The highest BCUT2D eigenvalue weighted by molar-refractivity contribution is 6.31. The predicted octanol–water partition coefficient (Wildman–Crippen LogP) is 2.39. The largest absolute Gasteiger partial charge is 0.491 e. The van der Waals surface area contributed by atoms with E-state index in [4.69, 9.17) is 22.8 Å². The second-order valence-electron chi connectivity index (χ2n) is 5.03. The summed E-state index contributed by atoms with van der Waals surface area (Å²) in [5.74, 6) is 3.30. The van der Waals surface area contributed by atoms with Gasteiger partial charge in [0, 0.05) is 11.6 Å². The molecule has 1 atom stereocenters. The molecule has 0 aromatic heterocycles. The summed E-state index contributed by atoms with van der Waals surface area (Å²) >= 11 is 5.93. The molecular formula is C15H20ClNO2. The van der Waals surface area contributed by atoms with Gasteiger partial charge >= 0.3 is 0 Å². The number of terminal acetylenes is 1. The first-order chi connectivity index (χ1) is 8.84. The lowest BCUT2D eigenvalue weighted by Crippen LogP contribution is -2.43. The molecule has 0 bridgehead atoms. The topological polar surface area (TPSA) is 41.5 Å². The minimum Gasteiger partial charge on any atom is -0.491 e. The molecule has 0 spiro atoms. The molecule has 0 aliphatic rings. The van der Waals surface area contributed by atoms with Crippen molar-refractivity contribution in [1.29, 1.82) is 0 Å². The maximum absolute atomic E-state index is 9.81. The van der Waals surface area contributed by atoms with Gasteiger partial charge in [0.05, 0.1) is 5.54 Å². The van der Waals surface area contributed by atoms with E-state index in [1.165, 1.54) is 0 Å². The van der Waals surface area contributed by atoms with E-state index in [1.807, 2.05) is 26.8 Å². The van der Waals surface area contributed by atoms with Gasteiger partial charge in [-0.15, -0.1) is 6.42 Å². The van der Waals surface area contributed by atoms with Gasteiger partial charge in [-0.2, -0.15) is 0 Å². The first-order valence-corrected chi connectivity index (χ1v) is 6.51. The molecule has 1 unspecified atom stereocenters. The summed E-state index contributed by atoms with van der Waals surface area (Å²) in [7, 11) is 0. The average molecular weight is 282 g/mol. The Morgan fingerprint density at radius 2 is 2.21 bits per heavy atom. The van der Waals surface area contributed by atoms with E-state index in [0.29, 0.717) is 17.3 Å². The minimum absolute atomic E-state index is 0.203. The van der Waals surface area contributed by atoms with Crippen LogP contribution in [0.3, 0.4) is 0 Å². The van der Waals surface area contributed by atoms with Crippen LogP contribution in [0.1, 0.15) is 19.4 Å². The Morgan fingerprint density at radius 3 is 2.79 bits per heavy atom. The molecule has 0 saturated carbocycles. The molecule has 4 heteroatoms. The van der Waals surface area contributed by atoms with Crippen LogP contribution < -0.4 is 10.1 Å². The zero-order valence-electron chi connectivity index (χ0n) is 11.5. The van der Waals surface area contributed by atoms with E-state index < -0.39 is 11.6 Å². The van der Waals surface area contributed by atoms with E-state index in [2.05, 4.69) is 11.2 Å². The molecule has 19 heavy (non-hydrogen) atoms. The van der Waals surface area contributed by atoms with Gasteiger partial charge in [0.15, 0.2) is 0 Å². The highest BCUT2D eigenvalue weighted by Crippen LogP contribution is 2.21. The van der Waals surface area contributed by atoms with Gasteiger partial charge in [0.2, 0.25) is 0 Å². The monoisotopic (exact) mass is 281 g/mol. The van der Waals surface area contributed by atoms with E-state index in [0.717, 1.165) is 5.56 Å². The highest BCUT2D eigenvalue weighted by atomic mass is 35.5. The van der Waals surface area contributed by atoms with E-state index in [-0.39, 0.29) is 6.61 Å². The maximum atomic E-state index is 9.81. The Hall–Kier alpha value is -1.21. The molecule has 0 aliphatic heterocycles. The van der Waals surface area contributed by atoms with E-state index in [1.54, 1.807) is 12.1 Å². The van der Waals surface area contributed by atoms with E-state index in [9.17, 15) is 5.11 Å². The Kier molecular flexibility index (Phi) is 5.68. The number of ether oxygens (including phenoxy) is 1. The second kappa shape index (κ2) is 6.81. The lowest BCUT2D eigenvalue weighted by Gasteiger charge is -2.22. The van der Waals surface area contributed by atoms with Crippen LogP contribution in [0.4, 0.5) is 0 Å². The Bertz CT molecular complexity index is 466. The number of rotatable bonds is 6. The fraction of sp³-hybridized carbons (Fsp3) is 0.467. The molecule has 0 amide bonds. The van der Waals surface area contributed by atoms with Gasteiger partial charge in [-0.3, -0.25) is 5.32 Å². The van der Waals surface area contributed by atoms with Crippen molar-refractivity contribution in [3.63, 3.8) is 0 Å². The normalized spacial score (nSPS) is 12.8. The van der Waals surface area contributed by atoms with Crippen LogP contribution >= 0.6 is 11.6 Å². The number of benzene rings is 1. The van der Waals surface area contributed by atoms with Crippen molar-refractivity contribution in [2.24, 2.45) is 0 Å². The molecule has 1 aromatic carbocycles. The van der Waals surface area contributed by atoms with Crippen molar-refractivity contribution in [3.05, 3.63) is 28.8 Å². The Morgan fingerprint density at radius 1 is 1.53 bits per heavy atom. The number of aliphatic hydroxyl groups is 1. The molecule has 104 valence electrons. The summed E-state index contributed by atoms with van der Waals surface area (Å²) in [5, 5.41) is 13.6. The minimum atomic E-state index is -0.622. The fourth-order valence-electron chi connectivity index (χ4n) is 1.38. The van der Waals surface area contributed by atoms with Crippen LogP contribution in [0, 0.1) is 19.3 Å². The van der Waals surface area contributed by atoms with Crippen LogP contribution in [-0.4, -0.2) is 29.9 Å². The standard InChI is InChI=1S/C15H20ClNO2/c1-5-15(3,4)17-9-12(18)10-19-13-6-7-14(16)11(2)8-13/h1,6-8,12,17-18H,9-10H2,2-4H3. The van der Waals surface area contributed by atoms with Crippen LogP contribution in [0.5, 0.6) is 5.75 Å². The Balaban J connectivity index is 2.40. The summed E-state index contributed by atoms with van der Waals surface area (Å²) < 4.78 is 5.50. The number of hydrogen-bond donors (Lipinski definition) is 2. The van der Waals surface area contributed by atoms with Gasteiger partial charge in [-0.1, -0.05) is 17.5 Å². The van der Waals surface area contributed by atoms with Crippen molar-refractivity contribution in [2.75, 3.05) is 13.2 Å². The number of aliphatic hydroxyl groups excluding tert-OH is 1. The molecule has 0 heterocycles. The third-order valence-electron chi connectivity index (χ3n) is 2.71. The zero-order valence-corrected chi connectivity index (χ0v) is 12.3. The number of hydrogen-bond acceptors (Lipinski definition) is 3. The smallest absolute Gasteiger partial charge is 0.119 e. The number of β-amino-alcohol motifs (C(OH)–C–C–N with tert-alkyl or cyclic N) is 1. The fourth-order valence-corrected chi connectivity index (χ4v) is 1.50. The van der Waals surface area contributed by atoms with E-state index >= 15 is 0 Å². The van der Waals surface area contributed by atoms with Gasteiger partial charge in [0.25, 0.3) is 0 Å². The molecule has 0 radical (unpaired) electrons. The first-order valence-electron chi connectivity index (χ1n) is 6.14. The zero-order chi connectivity index (χ0) is 14.5. The van der Waals surface area contributed by atoms with Crippen LogP contribution in [0.15, 0.2) is 18.2 Å². The summed E-state index contributed by atoms with van der Waals surface area (Å²) in [6.07, 6.45) is 4.73. The maximum Gasteiger partial charge on any atom is 0.119 e. The predicted molar refractivity (Wildman–Crippen MR) is 78.6 cm³/mol. The van der Waals surface area contributed by atoms with Crippen molar-refractivity contribution < 1.29 is 9.84 Å².